The molecule has 2 aliphatic carbocycles. The maximum Gasteiger partial charge on any atom is -1.00 e. The van der Waals surface area contributed by atoms with Crippen LogP contribution in [0.4, 0.5) is 0 Å². The number of allylic oxidation sites excluding steroid dienone is 8. The predicted molar refractivity (Wildman–Crippen MR) is 142 cm³/mol. The van der Waals surface area contributed by atoms with Gasteiger partial charge in [0.05, 0.1) is 0 Å². The van der Waals surface area contributed by atoms with E-state index < -0.39 is 16.1 Å². The Morgan fingerprint density at radius 3 is 1.22 bits per heavy atom. The molecular formula is C26H48Cl2Si3Zr-2. The van der Waals surface area contributed by atoms with Crippen molar-refractivity contribution >= 4 is 21.6 Å². The van der Waals surface area contributed by atoms with E-state index in [2.05, 4.69) is 90.5 Å². The van der Waals surface area contributed by atoms with E-state index in [4.69, 9.17) is 0 Å². The van der Waals surface area contributed by atoms with Crippen molar-refractivity contribution in [3.63, 3.8) is 0 Å². The van der Waals surface area contributed by atoms with Gasteiger partial charge in [-0.3, -0.25) is 12.2 Å². The summed E-state index contributed by atoms with van der Waals surface area (Å²) in [6.07, 6.45) is 22.0. The number of halogens is 2. The van der Waals surface area contributed by atoms with Gasteiger partial charge in [0.1, 0.15) is 0 Å². The minimum Gasteiger partial charge on any atom is -1.00 e. The van der Waals surface area contributed by atoms with Crippen LogP contribution in [-0.2, 0) is 23.3 Å². The van der Waals surface area contributed by atoms with Gasteiger partial charge in [0.25, 0.3) is 0 Å². The van der Waals surface area contributed by atoms with E-state index in [1.807, 2.05) is 0 Å². The average molecular weight is 607 g/mol. The molecule has 32 heavy (non-hydrogen) atoms. The van der Waals surface area contributed by atoms with Crippen LogP contribution in [0.25, 0.3) is 0 Å². The minimum absolute atomic E-state index is 0. The fraction of sp³-hybridized carbons (Fsp3) is 0.692. The molecule has 0 unspecified atom stereocenters. The van der Waals surface area contributed by atoms with Crippen LogP contribution in [0.5, 0.6) is 0 Å². The normalized spacial score (nSPS) is 14.9. The van der Waals surface area contributed by atoms with Gasteiger partial charge in [0, 0.05) is 16.1 Å². The Hall–Kier alpha value is 1.07. The number of rotatable bonds is 8. The van der Waals surface area contributed by atoms with Gasteiger partial charge in [-0.05, 0) is 12.8 Å². The molecule has 0 spiro atoms. The Kier molecular flexibility index (Phi) is 22.7. The first-order valence-electron chi connectivity index (χ1n) is 11.9. The molecule has 0 aromatic heterocycles. The molecule has 0 saturated carbocycles. The fourth-order valence-corrected chi connectivity index (χ4v) is 5.63. The molecule has 0 N–H and O–H groups in total. The quantitative estimate of drug-likeness (QED) is 0.295. The van der Waals surface area contributed by atoms with E-state index in [9.17, 15) is 0 Å². The zero-order valence-electron chi connectivity index (χ0n) is 22.6. The van der Waals surface area contributed by atoms with Gasteiger partial charge < -0.3 is 24.8 Å². The zero-order valence-corrected chi connectivity index (χ0v) is 29.5. The largest absolute Gasteiger partial charge is 1.00 e. The smallest absolute Gasteiger partial charge is 1.00 e. The molecule has 0 heterocycles. The summed E-state index contributed by atoms with van der Waals surface area (Å²) in [7, 11) is -2.15. The van der Waals surface area contributed by atoms with E-state index >= 15 is 0 Å². The summed E-state index contributed by atoms with van der Waals surface area (Å²) in [5, 5.41) is 3.08. The maximum atomic E-state index is 3.54. The standard InChI is InChI=1S/2C12H21Si.C2H6Si.2ClH.Zr/c2*1-5-6-7-11-8-9-12(10-11)13(2,3)4;1-3-2;;;/h2*10H,5-8H2,1-4H3;1-2H3;2*1H;/q2*-1;;;;+2/p-2. The molecule has 0 aromatic carbocycles. The Balaban J connectivity index is -0.000000428. The fourth-order valence-electron chi connectivity index (χ4n) is 3.12. The topological polar surface area (TPSA) is 0 Å². The van der Waals surface area contributed by atoms with Gasteiger partial charge in [-0.2, -0.15) is 11.1 Å². The second-order valence-electron chi connectivity index (χ2n) is 10.8. The van der Waals surface area contributed by atoms with E-state index in [1.165, 1.54) is 38.5 Å². The Bertz CT molecular complexity index is 608. The molecule has 0 nitrogen and oxygen atoms in total. The molecule has 184 valence electrons. The van der Waals surface area contributed by atoms with Gasteiger partial charge in [-0.15, -0.1) is 12.8 Å². The van der Waals surface area contributed by atoms with Crippen LogP contribution in [0.3, 0.4) is 0 Å². The van der Waals surface area contributed by atoms with Crippen LogP contribution >= 0.6 is 0 Å². The molecule has 0 aromatic rings. The molecule has 0 atom stereocenters. The molecule has 0 saturated heterocycles. The number of hydrogen-bond acceptors (Lipinski definition) is 0. The summed E-state index contributed by atoms with van der Waals surface area (Å²) in [6.45, 7) is 23.5. The summed E-state index contributed by atoms with van der Waals surface area (Å²) >= 11 is 1.74. The Labute approximate surface area is 231 Å². The van der Waals surface area contributed by atoms with Crippen molar-refractivity contribution in [2.75, 3.05) is 0 Å². The predicted octanol–water partition coefficient (Wildman–Crippen LogP) is 3.02. The van der Waals surface area contributed by atoms with E-state index in [1.54, 1.807) is 44.9 Å². The second kappa shape index (κ2) is 19.3. The first kappa shape index (κ1) is 37.6. The van der Waals surface area contributed by atoms with Crippen LogP contribution in [-0.4, -0.2) is 21.6 Å². The average Bonchev–Trinajstić information content (AvgIpc) is 3.27. The van der Waals surface area contributed by atoms with Crippen LogP contribution in [0, 0.1) is 12.2 Å². The number of hydrogen-bond donors (Lipinski definition) is 0. The Morgan fingerprint density at radius 2 is 1.03 bits per heavy atom. The molecule has 6 heteroatoms. The van der Waals surface area contributed by atoms with Gasteiger partial charge >= 0.3 is 41.9 Å². The van der Waals surface area contributed by atoms with Crippen molar-refractivity contribution in [1.29, 1.82) is 0 Å². The van der Waals surface area contributed by atoms with Crippen molar-refractivity contribution in [3.05, 3.63) is 45.8 Å². The molecule has 0 amide bonds. The van der Waals surface area contributed by atoms with Crippen molar-refractivity contribution in [2.45, 2.75) is 118 Å². The van der Waals surface area contributed by atoms with Gasteiger partial charge in [-0.25, -0.2) is 22.5 Å². The van der Waals surface area contributed by atoms with E-state index in [0.717, 1.165) is 12.8 Å². The van der Waals surface area contributed by atoms with Crippen LogP contribution < -0.4 is 24.8 Å². The van der Waals surface area contributed by atoms with Gasteiger partial charge in [-0.1, -0.05) is 78.8 Å². The zero-order chi connectivity index (χ0) is 23.4. The van der Waals surface area contributed by atoms with E-state index in [0.29, 0.717) is 0 Å². The third-order valence-electron chi connectivity index (χ3n) is 5.03. The Morgan fingerprint density at radius 1 is 0.750 bits per heavy atom. The molecule has 0 aliphatic heterocycles. The van der Waals surface area contributed by atoms with Crippen LogP contribution in [0.15, 0.2) is 33.7 Å². The first-order chi connectivity index (χ1) is 13.8. The second-order valence-corrected chi connectivity index (χ2v) is 30.3. The third-order valence-corrected chi connectivity index (χ3v) is 8.90. The third kappa shape index (κ3) is 18.4. The number of unbranched alkanes of at least 4 members (excludes halogenated alkanes) is 2. The van der Waals surface area contributed by atoms with E-state index in [-0.39, 0.29) is 30.2 Å². The maximum absolute atomic E-state index is 3.54. The summed E-state index contributed by atoms with van der Waals surface area (Å²) in [6, 6.07) is 0. The summed E-state index contributed by atoms with van der Waals surface area (Å²) < 4.78 is 0. The molecule has 0 bridgehead atoms. The van der Waals surface area contributed by atoms with Crippen molar-refractivity contribution in [3.8, 4) is 0 Å². The monoisotopic (exact) mass is 604 g/mol. The summed E-state index contributed by atoms with van der Waals surface area (Å²) in [5.41, 5.74) is 3.43. The van der Waals surface area contributed by atoms with Crippen molar-refractivity contribution in [1.82, 2.24) is 0 Å². The van der Waals surface area contributed by atoms with Crippen molar-refractivity contribution < 1.29 is 48.1 Å². The summed E-state index contributed by atoms with van der Waals surface area (Å²) in [4.78, 5) is 0. The van der Waals surface area contributed by atoms with Gasteiger partial charge in [0.2, 0.25) is 0 Å². The van der Waals surface area contributed by atoms with Crippen LogP contribution in [0.1, 0.15) is 65.2 Å². The minimum atomic E-state index is -1.08. The van der Waals surface area contributed by atoms with Crippen molar-refractivity contribution in [2.24, 2.45) is 0 Å². The molecular weight excluding hydrogens is 559 g/mol. The SMILES string of the molecule is CCCCC1=CC([Si](C)(C)C)=[C-]C1.CCCCC1=CC([Si](C)(C)C)=[C-]C1.C[Si](C)=[Zr+2].[Cl-].[Cl-]. The molecule has 0 fully saturated rings. The molecule has 0 radical (unpaired) electrons. The summed E-state index contributed by atoms with van der Waals surface area (Å²) in [5.74, 6) is 0. The first-order valence-corrected chi connectivity index (χ1v) is 25.1. The molecule has 2 aliphatic rings. The molecule has 2 rings (SSSR count). The van der Waals surface area contributed by atoms with Gasteiger partial charge in [0.15, 0.2) is 0 Å². The van der Waals surface area contributed by atoms with Crippen LogP contribution in [0.2, 0.25) is 52.4 Å².